The number of nitrogens with one attached hydrogen (secondary N) is 1. The highest BCUT2D eigenvalue weighted by Gasteiger charge is 2.29. The van der Waals surface area contributed by atoms with E-state index in [1.165, 1.54) is 18.2 Å². The standard InChI is InChI=1S/C22H18N2O5/c25-21(19(15-8-3-1-4-9-15)16-10-5-2-6-11-16)23-20(22(26)27)17-12-7-13-18(14-17)24(28)29/h1-14,19-20H,(H,23,25)(H,26,27). The number of nitro benzene ring substituents is 1. The first-order valence-electron chi connectivity index (χ1n) is 8.85. The van der Waals surface area contributed by atoms with Crippen molar-refractivity contribution < 1.29 is 19.6 Å². The van der Waals surface area contributed by atoms with E-state index >= 15 is 0 Å². The van der Waals surface area contributed by atoms with Crippen LogP contribution in [0.5, 0.6) is 0 Å². The number of carbonyl (C=O) groups is 2. The van der Waals surface area contributed by atoms with Crippen molar-refractivity contribution in [2.45, 2.75) is 12.0 Å². The van der Waals surface area contributed by atoms with Gasteiger partial charge in [-0.3, -0.25) is 14.9 Å². The maximum atomic E-state index is 13.1. The van der Waals surface area contributed by atoms with Crippen LogP contribution in [0.25, 0.3) is 0 Å². The van der Waals surface area contributed by atoms with Crippen molar-refractivity contribution in [3.8, 4) is 0 Å². The van der Waals surface area contributed by atoms with Gasteiger partial charge in [-0.1, -0.05) is 72.8 Å². The number of hydrogen-bond acceptors (Lipinski definition) is 4. The van der Waals surface area contributed by atoms with Crippen LogP contribution >= 0.6 is 0 Å². The van der Waals surface area contributed by atoms with Crippen molar-refractivity contribution in [3.05, 3.63) is 112 Å². The summed E-state index contributed by atoms with van der Waals surface area (Å²) < 4.78 is 0. The average molecular weight is 390 g/mol. The van der Waals surface area contributed by atoms with Gasteiger partial charge in [0.1, 0.15) is 0 Å². The lowest BCUT2D eigenvalue weighted by atomic mass is 9.90. The number of aliphatic carboxylic acids is 1. The van der Waals surface area contributed by atoms with Crippen molar-refractivity contribution in [2.24, 2.45) is 0 Å². The molecule has 0 saturated heterocycles. The van der Waals surface area contributed by atoms with Gasteiger partial charge in [0.05, 0.1) is 10.8 Å². The quantitative estimate of drug-likeness (QED) is 0.472. The Morgan fingerprint density at radius 3 is 1.83 bits per heavy atom. The molecule has 7 heteroatoms. The summed E-state index contributed by atoms with van der Waals surface area (Å²) >= 11 is 0. The molecule has 3 rings (SSSR count). The third-order valence-electron chi connectivity index (χ3n) is 4.48. The average Bonchev–Trinajstić information content (AvgIpc) is 2.73. The molecule has 1 amide bonds. The Bertz CT molecular complexity index is 982. The van der Waals surface area contributed by atoms with Crippen molar-refractivity contribution >= 4 is 17.6 Å². The number of hydrogen-bond donors (Lipinski definition) is 2. The summed E-state index contributed by atoms with van der Waals surface area (Å²) in [5.41, 5.74) is 1.30. The minimum Gasteiger partial charge on any atom is -0.479 e. The molecule has 3 aromatic rings. The van der Waals surface area contributed by atoms with Gasteiger partial charge in [-0.2, -0.15) is 0 Å². The Morgan fingerprint density at radius 1 is 0.828 bits per heavy atom. The third-order valence-corrected chi connectivity index (χ3v) is 4.48. The number of carbonyl (C=O) groups excluding carboxylic acids is 1. The van der Waals surface area contributed by atoms with Gasteiger partial charge < -0.3 is 10.4 Å². The molecule has 0 fully saturated rings. The van der Waals surface area contributed by atoms with Crippen LogP contribution in [0.15, 0.2) is 84.9 Å². The highest BCUT2D eigenvalue weighted by Crippen LogP contribution is 2.27. The lowest BCUT2D eigenvalue weighted by Crippen LogP contribution is -2.37. The predicted molar refractivity (Wildman–Crippen MR) is 106 cm³/mol. The van der Waals surface area contributed by atoms with Gasteiger partial charge in [0, 0.05) is 12.1 Å². The molecule has 0 heterocycles. The molecule has 7 nitrogen and oxygen atoms in total. The Balaban J connectivity index is 1.96. The molecule has 1 unspecified atom stereocenters. The van der Waals surface area contributed by atoms with Gasteiger partial charge >= 0.3 is 5.97 Å². The molecule has 0 aliphatic heterocycles. The fourth-order valence-electron chi connectivity index (χ4n) is 3.12. The predicted octanol–water partition coefficient (Wildman–Crippen LogP) is 3.67. The number of non-ortho nitro benzene ring substituents is 1. The molecule has 0 aliphatic carbocycles. The summed E-state index contributed by atoms with van der Waals surface area (Å²) in [6.45, 7) is 0. The second-order valence-electron chi connectivity index (χ2n) is 6.39. The molecule has 0 aliphatic rings. The number of nitrogens with zero attached hydrogens (tertiary/aromatic N) is 1. The van der Waals surface area contributed by atoms with E-state index in [0.717, 1.165) is 6.07 Å². The molecule has 1 atom stereocenters. The molecule has 2 N–H and O–H groups in total. The van der Waals surface area contributed by atoms with Gasteiger partial charge in [0.15, 0.2) is 6.04 Å². The van der Waals surface area contributed by atoms with Crippen LogP contribution in [0.4, 0.5) is 5.69 Å². The van der Waals surface area contributed by atoms with Gasteiger partial charge in [-0.05, 0) is 16.7 Å². The maximum absolute atomic E-state index is 13.1. The van der Waals surface area contributed by atoms with Crippen LogP contribution < -0.4 is 5.32 Å². The first-order chi connectivity index (χ1) is 14.0. The Morgan fingerprint density at radius 2 is 1.34 bits per heavy atom. The van der Waals surface area contributed by atoms with Crippen LogP contribution in [0.1, 0.15) is 28.7 Å². The SMILES string of the molecule is O=C(O)C(NC(=O)C(c1ccccc1)c1ccccc1)c1cccc([N+](=O)[O-])c1. The van der Waals surface area contributed by atoms with E-state index in [1.54, 1.807) is 48.5 Å². The number of carboxylic acids is 1. The van der Waals surface area contributed by atoms with Crippen LogP contribution in [-0.4, -0.2) is 21.9 Å². The summed E-state index contributed by atoms with van der Waals surface area (Å²) in [4.78, 5) is 35.4. The van der Waals surface area contributed by atoms with Crippen molar-refractivity contribution in [3.63, 3.8) is 0 Å². The Labute approximate surface area is 166 Å². The van der Waals surface area contributed by atoms with E-state index < -0.39 is 28.8 Å². The van der Waals surface area contributed by atoms with E-state index in [4.69, 9.17) is 0 Å². The number of rotatable bonds is 7. The molecule has 0 radical (unpaired) electrons. The monoisotopic (exact) mass is 390 g/mol. The van der Waals surface area contributed by atoms with Crippen LogP contribution in [-0.2, 0) is 9.59 Å². The zero-order valence-corrected chi connectivity index (χ0v) is 15.3. The first-order valence-corrected chi connectivity index (χ1v) is 8.85. The molecule has 0 aromatic heterocycles. The smallest absolute Gasteiger partial charge is 0.330 e. The Kier molecular flexibility index (Phi) is 5.99. The van der Waals surface area contributed by atoms with Crippen molar-refractivity contribution in [1.29, 1.82) is 0 Å². The van der Waals surface area contributed by atoms with Gasteiger partial charge in [0.25, 0.3) is 5.69 Å². The zero-order chi connectivity index (χ0) is 20.8. The normalized spacial score (nSPS) is 11.6. The van der Waals surface area contributed by atoms with Gasteiger partial charge in [0.2, 0.25) is 5.91 Å². The van der Waals surface area contributed by atoms with Crippen molar-refractivity contribution in [1.82, 2.24) is 5.32 Å². The van der Waals surface area contributed by atoms with Gasteiger partial charge in [-0.15, -0.1) is 0 Å². The minimum atomic E-state index is -1.42. The second kappa shape index (κ2) is 8.79. The van der Waals surface area contributed by atoms with E-state index in [0.29, 0.717) is 11.1 Å². The first kappa shape index (κ1) is 19.8. The number of carboxylic acid groups (broad SMARTS) is 1. The lowest BCUT2D eigenvalue weighted by Gasteiger charge is -2.21. The number of amides is 1. The number of nitro groups is 1. The molecule has 0 saturated carbocycles. The summed E-state index contributed by atoms with van der Waals surface area (Å²) in [5.74, 6) is -2.54. The summed E-state index contributed by atoms with van der Waals surface area (Å²) in [7, 11) is 0. The molecular formula is C22H18N2O5. The molecule has 0 spiro atoms. The van der Waals surface area contributed by atoms with Crippen LogP contribution in [0.2, 0.25) is 0 Å². The van der Waals surface area contributed by atoms with Gasteiger partial charge in [-0.25, -0.2) is 4.79 Å². The third kappa shape index (κ3) is 4.65. The zero-order valence-electron chi connectivity index (χ0n) is 15.3. The molecule has 29 heavy (non-hydrogen) atoms. The maximum Gasteiger partial charge on any atom is 0.330 e. The fourth-order valence-corrected chi connectivity index (χ4v) is 3.12. The van der Waals surface area contributed by atoms with E-state index in [-0.39, 0.29) is 11.3 Å². The molecule has 0 bridgehead atoms. The molecule has 146 valence electrons. The summed E-state index contributed by atoms with van der Waals surface area (Å²) in [5, 5.41) is 23.2. The fraction of sp³-hybridized carbons (Fsp3) is 0.0909. The molecular weight excluding hydrogens is 372 g/mol. The largest absolute Gasteiger partial charge is 0.479 e. The summed E-state index contributed by atoms with van der Waals surface area (Å²) in [6.07, 6.45) is 0. The van der Waals surface area contributed by atoms with E-state index in [2.05, 4.69) is 5.32 Å². The highest BCUT2D eigenvalue weighted by atomic mass is 16.6. The van der Waals surface area contributed by atoms with Crippen molar-refractivity contribution in [2.75, 3.05) is 0 Å². The number of benzene rings is 3. The Hall–Kier alpha value is -4.00. The van der Waals surface area contributed by atoms with E-state index in [1.807, 2.05) is 12.1 Å². The van der Waals surface area contributed by atoms with E-state index in [9.17, 15) is 24.8 Å². The highest BCUT2D eigenvalue weighted by molar-refractivity contribution is 5.91. The topological polar surface area (TPSA) is 110 Å². The van der Waals surface area contributed by atoms with Crippen LogP contribution in [0.3, 0.4) is 0 Å². The molecule has 3 aromatic carbocycles. The lowest BCUT2D eigenvalue weighted by molar-refractivity contribution is -0.384. The summed E-state index contributed by atoms with van der Waals surface area (Å²) in [6, 6.07) is 21.8. The minimum absolute atomic E-state index is 0.125. The van der Waals surface area contributed by atoms with Crippen LogP contribution in [0, 0.1) is 10.1 Å². The second-order valence-corrected chi connectivity index (χ2v) is 6.39.